The number of carbonyl (C=O) groups excluding carboxylic acids is 2. The van der Waals surface area contributed by atoms with Gasteiger partial charge >= 0.3 is 0 Å². The van der Waals surface area contributed by atoms with E-state index in [4.69, 9.17) is 0 Å². The van der Waals surface area contributed by atoms with Crippen molar-refractivity contribution in [2.45, 2.75) is 52.2 Å². The molecule has 0 aromatic carbocycles. The predicted molar refractivity (Wildman–Crippen MR) is 78.1 cm³/mol. The summed E-state index contributed by atoms with van der Waals surface area (Å²) in [6, 6.07) is -0.423. The Balaban J connectivity index is 2.28. The topological polar surface area (TPSA) is 62.3 Å². The van der Waals surface area contributed by atoms with Crippen LogP contribution in [0.2, 0.25) is 0 Å². The molecular formula is C14H21N3O2S. The molecule has 1 aromatic heterocycles. The molecule has 6 heteroatoms. The lowest BCUT2D eigenvalue weighted by Gasteiger charge is -2.45. The number of hydrogen-bond donors (Lipinski definition) is 1. The number of nitrogens with one attached hydrogen (secondary N) is 1. The number of carbonyl (C=O) groups is 2. The largest absolute Gasteiger partial charge is 0.342 e. The fraction of sp³-hybridized carbons (Fsp3) is 0.643. The molecule has 1 fully saturated rings. The lowest BCUT2D eigenvalue weighted by atomic mass is 9.89. The molecule has 20 heavy (non-hydrogen) atoms. The number of amides is 2. The summed E-state index contributed by atoms with van der Waals surface area (Å²) in [5.74, 6) is 0.0378. The Kier molecular flexibility index (Phi) is 4.13. The summed E-state index contributed by atoms with van der Waals surface area (Å²) in [7, 11) is 0. The van der Waals surface area contributed by atoms with Gasteiger partial charge in [-0.25, -0.2) is 0 Å². The van der Waals surface area contributed by atoms with Gasteiger partial charge in [-0.3, -0.25) is 14.6 Å². The van der Waals surface area contributed by atoms with Crippen molar-refractivity contribution in [3.8, 4) is 0 Å². The van der Waals surface area contributed by atoms with Crippen LogP contribution in [0.25, 0.3) is 0 Å². The molecule has 2 heterocycles. The van der Waals surface area contributed by atoms with E-state index in [9.17, 15) is 9.59 Å². The Morgan fingerprint density at radius 1 is 1.50 bits per heavy atom. The highest BCUT2D eigenvalue weighted by Gasteiger charge is 2.47. The average Bonchev–Trinajstić information content (AvgIpc) is 2.91. The average molecular weight is 295 g/mol. The van der Waals surface area contributed by atoms with Gasteiger partial charge in [0.1, 0.15) is 11.6 Å². The van der Waals surface area contributed by atoms with E-state index in [0.29, 0.717) is 6.54 Å². The van der Waals surface area contributed by atoms with Gasteiger partial charge in [0.2, 0.25) is 11.8 Å². The molecule has 1 aromatic rings. The molecule has 0 spiro atoms. The molecule has 0 saturated carbocycles. The van der Waals surface area contributed by atoms with Gasteiger partial charge in [0.05, 0.1) is 12.1 Å². The molecular weight excluding hydrogens is 274 g/mol. The zero-order valence-corrected chi connectivity index (χ0v) is 13.2. The highest BCUT2D eigenvalue weighted by atomic mass is 32.1. The van der Waals surface area contributed by atoms with Crippen molar-refractivity contribution in [2.24, 2.45) is 5.92 Å². The van der Waals surface area contributed by atoms with Crippen LogP contribution in [0.4, 0.5) is 0 Å². The normalized spacial score (nSPS) is 23.6. The summed E-state index contributed by atoms with van der Waals surface area (Å²) in [5, 5.41) is 2.87. The summed E-state index contributed by atoms with van der Waals surface area (Å²) in [6.07, 6.45) is 2.60. The van der Waals surface area contributed by atoms with E-state index in [0.717, 1.165) is 11.3 Å². The van der Waals surface area contributed by atoms with Crippen molar-refractivity contribution in [1.82, 2.24) is 15.2 Å². The Hall–Kier alpha value is -1.43. The second-order valence-corrected chi connectivity index (χ2v) is 6.76. The van der Waals surface area contributed by atoms with E-state index in [-0.39, 0.29) is 17.7 Å². The third-order valence-corrected chi connectivity index (χ3v) is 4.82. The smallest absolute Gasteiger partial charge is 0.246 e. The monoisotopic (exact) mass is 295 g/mol. The van der Waals surface area contributed by atoms with Crippen LogP contribution in [0, 0.1) is 5.92 Å². The first-order chi connectivity index (χ1) is 9.37. The van der Waals surface area contributed by atoms with E-state index < -0.39 is 11.6 Å². The first-order valence-electron chi connectivity index (χ1n) is 6.87. The van der Waals surface area contributed by atoms with Crippen LogP contribution in [0.3, 0.4) is 0 Å². The lowest BCUT2D eigenvalue weighted by molar-refractivity contribution is -0.157. The number of thiazole rings is 1. The molecule has 5 nitrogen and oxygen atoms in total. The van der Waals surface area contributed by atoms with Crippen LogP contribution >= 0.6 is 11.3 Å². The molecule has 2 amide bonds. The zero-order chi connectivity index (χ0) is 14.9. The van der Waals surface area contributed by atoms with Crippen molar-refractivity contribution in [1.29, 1.82) is 0 Å². The van der Waals surface area contributed by atoms with Crippen molar-refractivity contribution >= 4 is 23.2 Å². The Bertz CT molecular complexity index is 499. The fourth-order valence-electron chi connectivity index (χ4n) is 2.32. The quantitative estimate of drug-likeness (QED) is 0.921. The number of rotatable bonds is 4. The maximum absolute atomic E-state index is 12.7. The molecule has 110 valence electrons. The highest BCUT2D eigenvalue weighted by molar-refractivity contribution is 7.09. The molecule has 1 aliphatic rings. The molecule has 1 N–H and O–H groups in total. The van der Waals surface area contributed by atoms with Crippen LogP contribution in [0.15, 0.2) is 11.7 Å². The van der Waals surface area contributed by atoms with Crippen LogP contribution in [0.5, 0.6) is 0 Å². The molecule has 0 radical (unpaired) electrons. The van der Waals surface area contributed by atoms with Crippen molar-refractivity contribution in [2.75, 3.05) is 0 Å². The lowest BCUT2D eigenvalue weighted by Crippen LogP contribution is -2.69. The SMILES string of the molecule is CCC(C)C1NC(=O)C(C)(C)N(Cc2cncs2)C1=O. The van der Waals surface area contributed by atoms with E-state index in [1.54, 1.807) is 30.5 Å². The minimum Gasteiger partial charge on any atom is -0.342 e. The first-order valence-corrected chi connectivity index (χ1v) is 7.75. The Morgan fingerprint density at radius 3 is 2.75 bits per heavy atom. The minimum absolute atomic E-state index is 0.00245. The third kappa shape index (κ3) is 2.57. The highest BCUT2D eigenvalue weighted by Crippen LogP contribution is 2.27. The Morgan fingerprint density at radius 2 is 2.20 bits per heavy atom. The fourth-order valence-corrected chi connectivity index (χ4v) is 2.90. The van der Waals surface area contributed by atoms with Crippen molar-refractivity contribution in [3.05, 3.63) is 16.6 Å². The van der Waals surface area contributed by atoms with Gasteiger partial charge in [-0.15, -0.1) is 11.3 Å². The van der Waals surface area contributed by atoms with Crippen LogP contribution in [0.1, 0.15) is 39.0 Å². The van der Waals surface area contributed by atoms with E-state index in [1.807, 2.05) is 13.8 Å². The van der Waals surface area contributed by atoms with Crippen molar-refractivity contribution < 1.29 is 9.59 Å². The summed E-state index contributed by atoms with van der Waals surface area (Å²) in [4.78, 5) is 31.7. The summed E-state index contributed by atoms with van der Waals surface area (Å²) in [5.41, 5.74) is 0.911. The van der Waals surface area contributed by atoms with Crippen LogP contribution in [-0.4, -0.2) is 33.3 Å². The van der Waals surface area contributed by atoms with Gasteiger partial charge in [0.15, 0.2) is 0 Å². The van der Waals surface area contributed by atoms with E-state index in [2.05, 4.69) is 10.3 Å². The molecule has 2 unspecified atom stereocenters. The van der Waals surface area contributed by atoms with Gasteiger partial charge < -0.3 is 10.2 Å². The standard InChI is InChI=1S/C14H21N3O2S/c1-5-9(2)11-12(18)17(7-10-6-15-8-20-10)14(3,4)13(19)16-11/h6,8-9,11H,5,7H2,1-4H3,(H,16,19). The third-order valence-electron chi connectivity index (χ3n) is 4.06. The van der Waals surface area contributed by atoms with Gasteiger partial charge in [0.25, 0.3) is 0 Å². The van der Waals surface area contributed by atoms with Gasteiger partial charge in [0, 0.05) is 11.1 Å². The second kappa shape index (κ2) is 5.52. The van der Waals surface area contributed by atoms with Gasteiger partial charge in [-0.1, -0.05) is 20.3 Å². The molecule has 2 rings (SSSR count). The predicted octanol–water partition coefficient (Wildman–Crippen LogP) is 1.79. The van der Waals surface area contributed by atoms with Gasteiger partial charge in [-0.2, -0.15) is 0 Å². The van der Waals surface area contributed by atoms with Crippen molar-refractivity contribution in [3.63, 3.8) is 0 Å². The first kappa shape index (κ1) is 15.0. The van der Waals surface area contributed by atoms with E-state index in [1.165, 1.54) is 11.3 Å². The molecule has 2 atom stereocenters. The summed E-state index contributed by atoms with van der Waals surface area (Å²) < 4.78 is 0. The van der Waals surface area contributed by atoms with Crippen LogP contribution in [-0.2, 0) is 16.1 Å². The number of nitrogens with zero attached hydrogens (tertiary/aromatic N) is 2. The maximum atomic E-state index is 12.7. The molecule has 0 bridgehead atoms. The second-order valence-electron chi connectivity index (χ2n) is 5.79. The van der Waals surface area contributed by atoms with E-state index >= 15 is 0 Å². The number of aromatic nitrogens is 1. The summed E-state index contributed by atoms with van der Waals surface area (Å²) >= 11 is 1.50. The van der Waals surface area contributed by atoms with Gasteiger partial charge in [-0.05, 0) is 19.8 Å². The molecule has 0 aliphatic carbocycles. The molecule has 1 saturated heterocycles. The summed E-state index contributed by atoms with van der Waals surface area (Å²) in [6.45, 7) is 8.03. The zero-order valence-electron chi connectivity index (χ0n) is 12.3. The Labute approximate surface area is 123 Å². The number of hydrogen-bond acceptors (Lipinski definition) is 4. The minimum atomic E-state index is -0.828. The van der Waals surface area contributed by atoms with Crippen LogP contribution < -0.4 is 5.32 Å². The number of piperazine rings is 1. The molecule has 1 aliphatic heterocycles. The maximum Gasteiger partial charge on any atom is 0.246 e.